The number of hydrogen-bond donors (Lipinski definition) is 2. The molecule has 0 aliphatic rings. The fourth-order valence-electron chi connectivity index (χ4n) is 1.73. The molecule has 0 bridgehead atoms. The van der Waals surface area contributed by atoms with E-state index in [1.807, 2.05) is 0 Å². The molecule has 0 amide bonds. The minimum absolute atomic E-state index is 0.0173. The number of halogens is 5. The zero-order valence-electron chi connectivity index (χ0n) is 12.0. The van der Waals surface area contributed by atoms with Crippen molar-refractivity contribution >= 4 is 11.6 Å². The first kappa shape index (κ1) is 17.5. The van der Waals surface area contributed by atoms with E-state index in [9.17, 15) is 22.0 Å². The van der Waals surface area contributed by atoms with E-state index in [0.29, 0.717) is 10.3 Å². The molecule has 0 unspecified atom stereocenters. The predicted molar refractivity (Wildman–Crippen MR) is 75.6 cm³/mol. The van der Waals surface area contributed by atoms with Gasteiger partial charge in [0.2, 0.25) is 0 Å². The van der Waals surface area contributed by atoms with Crippen LogP contribution in [0.2, 0.25) is 0 Å². The van der Waals surface area contributed by atoms with Crippen LogP contribution in [-0.2, 0) is 6.54 Å². The minimum Gasteiger partial charge on any atom is -0.406 e. The van der Waals surface area contributed by atoms with Gasteiger partial charge in [0.25, 0.3) is 0 Å². The second-order valence-electron chi connectivity index (χ2n) is 4.43. The zero-order valence-corrected chi connectivity index (χ0v) is 12.0. The average Bonchev–Trinajstić information content (AvgIpc) is 2.94. The van der Waals surface area contributed by atoms with Crippen LogP contribution in [0.4, 0.5) is 27.6 Å². The van der Waals surface area contributed by atoms with Crippen molar-refractivity contribution in [2.75, 3.05) is 5.32 Å². The highest BCUT2D eigenvalue weighted by molar-refractivity contribution is 5.92. The number of nitrogens with zero attached hydrogens (tertiary/aromatic N) is 3. The molecule has 3 N–H and O–H groups in total. The molecule has 0 saturated heterocycles. The Morgan fingerprint density at radius 1 is 1.29 bits per heavy atom. The van der Waals surface area contributed by atoms with Crippen LogP contribution in [0.5, 0.6) is 5.75 Å². The van der Waals surface area contributed by atoms with Crippen LogP contribution in [-0.4, -0.2) is 21.9 Å². The van der Waals surface area contributed by atoms with E-state index in [-0.39, 0.29) is 24.1 Å². The monoisotopic (exact) mass is 349 g/mol. The van der Waals surface area contributed by atoms with Gasteiger partial charge in [0, 0.05) is 18.1 Å². The van der Waals surface area contributed by atoms with Gasteiger partial charge >= 0.3 is 12.9 Å². The van der Waals surface area contributed by atoms with Crippen molar-refractivity contribution in [3.05, 3.63) is 42.5 Å². The van der Waals surface area contributed by atoms with Crippen LogP contribution in [0.3, 0.4) is 0 Å². The Kier molecular flexibility index (Phi) is 5.21. The van der Waals surface area contributed by atoms with E-state index < -0.39 is 12.9 Å². The number of nitrogens with one attached hydrogen (secondary N) is 1. The largest absolute Gasteiger partial charge is 0.573 e. The van der Waals surface area contributed by atoms with Gasteiger partial charge in [0.05, 0.1) is 0 Å². The predicted octanol–water partition coefficient (Wildman–Crippen LogP) is 3.10. The number of alkyl halides is 5. The van der Waals surface area contributed by atoms with Crippen LogP contribution in [0.25, 0.3) is 0 Å². The number of hydrogen-bond acceptors (Lipinski definition) is 3. The van der Waals surface area contributed by atoms with E-state index in [1.165, 1.54) is 18.3 Å². The lowest BCUT2D eigenvalue weighted by atomic mass is 10.3. The Bertz CT molecular complexity index is 696. The maximum absolute atomic E-state index is 12.6. The van der Waals surface area contributed by atoms with E-state index in [2.05, 4.69) is 20.0 Å². The molecule has 6 nitrogen and oxygen atoms in total. The standard InChI is InChI=1S/C13H12F5N5O/c14-11(15)23-6-5-20-10(23)7-21-12(19)22-8-1-3-9(4-2-8)24-13(16,17)18/h1-6,11H,7H2,(H3,19,21,22). The number of nitrogens with two attached hydrogens (primary N) is 1. The fourth-order valence-corrected chi connectivity index (χ4v) is 1.73. The Hall–Kier alpha value is -2.85. The summed E-state index contributed by atoms with van der Waals surface area (Å²) in [4.78, 5) is 7.57. The SMILES string of the molecule is NC(=NCc1nccn1C(F)F)Nc1ccc(OC(F)(F)F)cc1. The average molecular weight is 349 g/mol. The van der Waals surface area contributed by atoms with Gasteiger partial charge in [-0.05, 0) is 24.3 Å². The summed E-state index contributed by atoms with van der Waals surface area (Å²) < 4.78 is 65.7. The molecule has 24 heavy (non-hydrogen) atoms. The Morgan fingerprint density at radius 2 is 1.96 bits per heavy atom. The molecule has 0 atom stereocenters. The third-order valence-corrected chi connectivity index (χ3v) is 2.71. The smallest absolute Gasteiger partial charge is 0.406 e. The second kappa shape index (κ2) is 7.15. The molecule has 2 aromatic rings. The lowest BCUT2D eigenvalue weighted by Gasteiger charge is -2.10. The van der Waals surface area contributed by atoms with Crippen LogP contribution in [0, 0.1) is 0 Å². The number of aromatic nitrogens is 2. The summed E-state index contributed by atoms with van der Waals surface area (Å²) in [5, 5.41) is 2.61. The molecule has 0 saturated carbocycles. The molecule has 1 aromatic heterocycles. The van der Waals surface area contributed by atoms with Gasteiger partial charge < -0.3 is 15.8 Å². The molecular formula is C13H12F5N5O. The van der Waals surface area contributed by atoms with E-state index in [4.69, 9.17) is 5.73 Å². The third-order valence-electron chi connectivity index (χ3n) is 2.71. The lowest BCUT2D eigenvalue weighted by molar-refractivity contribution is -0.274. The molecule has 11 heteroatoms. The first-order valence-corrected chi connectivity index (χ1v) is 6.47. The summed E-state index contributed by atoms with van der Waals surface area (Å²) in [7, 11) is 0. The van der Waals surface area contributed by atoms with Crippen molar-refractivity contribution in [1.82, 2.24) is 9.55 Å². The summed E-state index contributed by atoms with van der Waals surface area (Å²) >= 11 is 0. The maximum atomic E-state index is 12.6. The van der Waals surface area contributed by atoms with Crippen molar-refractivity contribution in [3.63, 3.8) is 0 Å². The topological polar surface area (TPSA) is 77.5 Å². The quantitative estimate of drug-likeness (QED) is 0.494. The molecule has 0 aliphatic heterocycles. The molecule has 0 fully saturated rings. The number of benzene rings is 1. The molecular weight excluding hydrogens is 337 g/mol. The number of ether oxygens (including phenoxy) is 1. The van der Waals surface area contributed by atoms with Crippen LogP contribution in [0.15, 0.2) is 41.7 Å². The molecule has 0 spiro atoms. The van der Waals surface area contributed by atoms with Crippen molar-refractivity contribution < 1.29 is 26.7 Å². The van der Waals surface area contributed by atoms with Gasteiger partial charge in [0.15, 0.2) is 5.96 Å². The van der Waals surface area contributed by atoms with Gasteiger partial charge in [-0.2, -0.15) is 8.78 Å². The van der Waals surface area contributed by atoms with Gasteiger partial charge in [-0.1, -0.05) is 0 Å². The molecule has 1 heterocycles. The first-order valence-electron chi connectivity index (χ1n) is 6.47. The lowest BCUT2D eigenvalue weighted by Crippen LogP contribution is -2.23. The van der Waals surface area contributed by atoms with Crippen LogP contribution in [0.1, 0.15) is 12.4 Å². The normalized spacial score (nSPS) is 12.5. The number of guanidine groups is 1. The highest BCUT2D eigenvalue weighted by Crippen LogP contribution is 2.23. The molecule has 130 valence electrons. The van der Waals surface area contributed by atoms with Crippen molar-refractivity contribution in [2.45, 2.75) is 19.5 Å². The first-order chi connectivity index (χ1) is 11.2. The molecule has 1 aromatic carbocycles. The van der Waals surface area contributed by atoms with Crippen molar-refractivity contribution in [1.29, 1.82) is 0 Å². The molecule has 2 rings (SSSR count). The fraction of sp³-hybridized carbons (Fsp3) is 0.231. The molecule has 0 aliphatic carbocycles. The summed E-state index contributed by atoms with van der Waals surface area (Å²) in [6.07, 6.45) is -2.46. The van der Waals surface area contributed by atoms with E-state index in [1.54, 1.807) is 0 Å². The summed E-state index contributed by atoms with van der Waals surface area (Å²) in [5.74, 6) is -0.477. The summed E-state index contributed by atoms with van der Waals surface area (Å²) in [6, 6.07) is 4.77. The third kappa shape index (κ3) is 5.11. The zero-order chi connectivity index (χ0) is 17.7. The minimum atomic E-state index is -4.78. The maximum Gasteiger partial charge on any atom is 0.573 e. The van der Waals surface area contributed by atoms with Crippen molar-refractivity contribution in [2.24, 2.45) is 10.7 Å². The van der Waals surface area contributed by atoms with E-state index in [0.717, 1.165) is 18.3 Å². The number of rotatable bonds is 5. The number of anilines is 1. The Balaban J connectivity index is 1.96. The van der Waals surface area contributed by atoms with Crippen LogP contribution < -0.4 is 15.8 Å². The van der Waals surface area contributed by atoms with Gasteiger partial charge in [-0.3, -0.25) is 4.57 Å². The number of aliphatic imine (C=N–C) groups is 1. The highest BCUT2D eigenvalue weighted by Gasteiger charge is 2.30. The Morgan fingerprint density at radius 3 is 2.54 bits per heavy atom. The summed E-state index contributed by atoms with van der Waals surface area (Å²) in [5.41, 5.74) is 5.94. The highest BCUT2D eigenvalue weighted by atomic mass is 19.4. The van der Waals surface area contributed by atoms with Gasteiger partial charge in [-0.25, -0.2) is 9.98 Å². The second-order valence-corrected chi connectivity index (χ2v) is 4.43. The van der Waals surface area contributed by atoms with Gasteiger partial charge in [0.1, 0.15) is 18.1 Å². The van der Waals surface area contributed by atoms with E-state index >= 15 is 0 Å². The van der Waals surface area contributed by atoms with Gasteiger partial charge in [-0.15, -0.1) is 13.2 Å². The van der Waals surface area contributed by atoms with Crippen LogP contribution >= 0.6 is 0 Å². The summed E-state index contributed by atoms with van der Waals surface area (Å²) in [6.45, 7) is -2.93. The Labute approximate surface area is 132 Å². The van der Waals surface area contributed by atoms with Crippen molar-refractivity contribution in [3.8, 4) is 5.75 Å². The molecule has 0 radical (unpaired) electrons. The number of imidazole rings is 1.